The minimum atomic E-state index is -3.75. The van der Waals surface area contributed by atoms with Crippen molar-refractivity contribution in [3.05, 3.63) is 29.8 Å². The van der Waals surface area contributed by atoms with Crippen molar-refractivity contribution < 1.29 is 13.2 Å². The van der Waals surface area contributed by atoms with Crippen LogP contribution in [0, 0.1) is 6.92 Å². The van der Waals surface area contributed by atoms with Crippen molar-refractivity contribution in [3.8, 4) is 0 Å². The number of alkyl halides is 1. The van der Waals surface area contributed by atoms with Crippen LogP contribution in [0.1, 0.15) is 12.5 Å². The van der Waals surface area contributed by atoms with E-state index in [9.17, 15) is 13.2 Å². The van der Waals surface area contributed by atoms with Crippen LogP contribution in [-0.2, 0) is 14.8 Å². The van der Waals surface area contributed by atoms with Crippen LogP contribution < -0.4 is 4.72 Å². The third kappa shape index (κ3) is 3.31. The number of nitrogens with one attached hydrogen (secondary N) is 1. The number of carbonyl (C=O) groups excluding carboxylic acids is 1. The Hall–Kier alpha value is -0.880. The first-order valence-electron chi connectivity index (χ1n) is 4.60. The van der Waals surface area contributed by atoms with Crippen LogP contribution in [0.4, 0.5) is 0 Å². The van der Waals surface area contributed by atoms with Gasteiger partial charge < -0.3 is 0 Å². The molecule has 0 saturated carbocycles. The number of aryl methyl sites for hydroxylation is 1. The van der Waals surface area contributed by atoms with Crippen LogP contribution in [0.5, 0.6) is 0 Å². The number of sulfonamides is 1. The van der Waals surface area contributed by atoms with Gasteiger partial charge in [0, 0.05) is 0 Å². The smallest absolute Gasteiger partial charge is 0.264 e. The Labute approximate surface area is 103 Å². The molecule has 0 heterocycles. The number of amides is 1. The van der Waals surface area contributed by atoms with Crippen molar-refractivity contribution in [2.75, 3.05) is 0 Å². The molecule has 0 fully saturated rings. The Balaban J connectivity index is 2.95. The van der Waals surface area contributed by atoms with E-state index in [4.69, 9.17) is 0 Å². The zero-order chi connectivity index (χ0) is 12.3. The van der Waals surface area contributed by atoms with E-state index < -0.39 is 20.8 Å². The second kappa shape index (κ2) is 4.97. The van der Waals surface area contributed by atoms with Gasteiger partial charge in [0.1, 0.15) is 0 Å². The van der Waals surface area contributed by atoms with Gasteiger partial charge >= 0.3 is 0 Å². The van der Waals surface area contributed by atoms with Crippen LogP contribution in [0.2, 0.25) is 0 Å². The standard InChI is InChI=1S/C10H12BrNO3S/c1-7-3-5-9(6-4-7)16(14,15)12-10(13)8(2)11/h3-6,8H,1-2H3,(H,12,13)/t8-/m1/s1. The topological polar surface area (TPSA) is 63.2 Å². The van der Waals surface area contributed by atoms with Crippen LogP contribution in [0.3, 0.4) is 0 Å². The molecule has 4 nitrogen and oxygen atoms in total. The van der Waals surface area contributed by atoms with Gasteiger partial charge in [-0.05, 0) is 26.0 Å². The molecule has 0 aliphatic rings. The summed E-state index contributed by atoms with van der Waals surface area (Å²) >= 11 is 3.00. The lowest BCUT2D eigenvalue weighted by Gasteiger charge is -2.08. The number of hydrogen-bond donors (Lipinski definition) is 1. The molecular weight excluding hydrogens is 294 g/mol. The number of rotatable bonds is 3. The first-order valence-corrected chi connectivity index (χ1v) is 7.00. The predicted molar refractivity (Wildman–Crippen MR) is 64.9 cm³/mol. The summed E-state index contributed by atoms with van der Waals surface area (Å²) in [5, 5.41) is 0. The average molecular weight is 306 g/mol. The van der Waals surface area contributed by atoms with Crippen LogP contribution in [-0.4, -0.2) is 19.2 Å². The maximum atomic E-state index is 11.7. The molecule has 1 atom stereocenters. The minimum absolute atomic E-state index is 0.0830. The molecule has 88 valence electrons. The summed E-state index contributed by atoms with van der Waals surface area (Å²) in [4.78, 5) is 10.8. The van der Waals surface area contributed by atoms with Crippen molar-refractivity contribution >= 4 is 31.9 Å². The highest BCUT2D eigenvalue weighted by Crippen LogP contribution is 2.10. The van der Waals surface area contributed by atoms with E-state index in [-0.39, 0.29) is 4.90 Å². The molecule has 1 N–H and O–H groups in total. The van der Waals surface area contributed by atoms with Gasteiger partial charge in [-0.15, -0.1) is 0 Å². The molecule has 0 unspecified atom stereocenters. The SMILES string of the molecule is Cc1ccc(S(=O)(=O)NC(=O)[C@@H](C)Br)cc1. The monoisotopic (exact) mass is 305 g/mol. The Morgan fingerprint density at radius 2 is 1.81 bits per heavy atom. The minimum Gasteiger partial charge on any atom is -0.273 e. The van der Waals surface area contributed by atoms with Gasteiger partial charge in [-0.2, -0.15) is 0 Å². The van der Waals surface area contributed by atoms with Crippen molar-refractivity contribution in [3.63, 3.8) is 0 Å². The van der Waals surface area contributed by atoms with E-state index in [1.807, 2.05) is 11.6 Å². The maximum Gasteiger partial charge on any atom is 0.264 e. The molecule has 1 aromatic rings. The summed E-state index contributed by atoms with van der Waals surface area (Å²) in [6, 6.07) is 6.28. The van der Waals surface area contributed by atoms with E-state index in [1.54, 1.807) is 19.1 Å². The normalized spacial score (nSPS) is 13.2. The van der Waals surface area contributed by atoms with Gasteiger partial charge in [0.2, 0.25) is 5.91 Å². The summed E-state index contributed by atoms with van der Waals surface area (Å²) in [5.41, 5.74) is 0.958. The average Bonchev–Trinajstić information content (AvgIpc) is 2.17. The number of carbonyl (C=O) groups is 1. The lowest BCUT2D eigenvalue weighted by Crippen LogP contribution is -2.34. The largest absolute Gasteiger partial charge is 0.273 e. The maximum absolute atomic E-state index is 11.7. The van der Waals surface area contributed by atoms with E-state index >= 15 is 0 Å². The molecule has 16 heavy (non-hydrogen) atoms. The third-order valence-electron chi connectivity index (χ3n) is 1.93. The van der Waals surface area contributed by atoms with Crippen molar-refractivity contribution in [1.29, 1.82) is 0 Å². The number of halogens is 1. The Morgan fingerprint density at radius 3 is 2.25 bits per heavy atom. The number of benzene rings is 1. The van der Waals surface area contributed by atoms with Gasteiger partial charge in [-0.25, -0.2) is 13.1 Å². The van der Waals surface area contributed by atoms with E-state index in [1.165, 1.54) is 12.1 Å². The fourth-order valence-corrected chi connectivity index (χ4v) is 2.31. The summed E-state index contributed by atoms with van der Waals surface area (Å²) in [6.45, 7) is 3.41. The van der Waals surface area contributed by atoms with Gasteiger partial charge in [-0.3, -0.25) is 4.79 Å². The summed E-state index contributed by atoms with van der Waals surface area (Å²) < 4.78 is 25.4. The highest BCUT2D eigenvalue weighted by atomic mass is 79.9. The van der Waals surface area contributed by atoms with Crippen molar-refractivity contribution in [2.45, 2.75) is 23.6 Å². The Morgan fingerprint density at radius 1 is 1.31 bits per heavy atom. The van der Waals surface area contributed by atoms with E-state index in [2.05, 4.69) is 15.9 Å². The molecule has 0 saturated heterocycles. The first-order chi connectivity index (χ1) is 7.33. The first kappa shape index (κ1) is 13.2. The summed E-state index contributed by atoms with van der Waals surface area (Å²) in [5.74, 6) is -0.583. The number of hydrogen-bond acceptors (Lipinski definition) is 3. The highest BCUT2D eigenvalue weighted by molar-refractivity contribution is 9.10. The van der Waals surface area contributed by atoms with Gasteiger partial charge in [0.15, 0.2) is 0 Å². The highest BCUT2D eigenvalue weighted by Gasteiger charge is 2.19. The molecule has 0 radical (unpaired) electrons. The molecular formula is C10H12BrNO3S. The zero-order valence-corrected chi connectivity index (χ0v) is 11.3. The lowest BCUT2D eigenvalue weighted by molar-refractivity contribution is -0.118. The fraction of sp³-hybridized carbons (Fsp3) is 0.300. The second-order valence-electron chi connectivity index (χ2n) is 3.40. The van der Waals surface area contributed by atoms with Crippen LogP contribution >= 0.6 is 15.9 Å². The van der Waals surface area contributed by atoms with Crippen LogP contribution in [0.25, 0.3) is 0 Å². The quantitative estimate of drug-likeness (QED) is 0.863. The van der Waals surface area contributed by atoms with E-state index in [0.29, 0.717) is 0 Å². The summed E-state index contributed by atoms with van der Waals surface area (Å²) in [7, 11) is -3.75. The Bertz CT molecular complexity index is 479. The second-order valence-corrected chi connectivity index (χ2v) is 6.45. The lowest BCUT2D eigenvalue weighted by atomic mass is 10.2. The zero-order valence-electron chi connectivity index (χ0n) is 8.90. The molecule has 0 aliphatic heterocycles. The third-order valence-corrected chi connectivity index (χ3v) is 3.71. The molecule has 0 aliphatic carbocycles. The van der Waals surface area contributed by atoms with Gasteiger partial charge in [-0.1, -0.05) is 33.6 Å². The fourth-order valence-electron chi connectivity index (χ4n) is 0.990. The van der Waals surface area contributed by atoms with Crippen LogP contribution in [0.15, 0.2) is 29.2 Å². The molecule has 0 aromatic heterocycles. The predicted octanol–water partition coefficient (Wildman–Crippen LogP) is 1.58. The van der Waals surface area contributed by atoms with Gasteiger partial charge in [0.05, 0.1) is 9.72 Å². The Kier molecular flexibility index (Phi) is 4.09. The molecule has 0 bridgehead atoms. The van der Waals surface area contributed by atoms with Crippen molar-refractivity contribution in [1.82, 2.24) is 4.72 Å². The van der Waals surface area contributed by atoms with E-state index in [0.717, 1.165) is 5.56 Å². The molecule has 1 amide bonds. The summed E-state index contributed by atoms with van der Waals surface area (Å²) in [6.07, 6.45) is 0. The molecule has 1 rings (SSSR count). The van der Waals surface area contributed by atoms with Crippen molar-refractivity contribution in [2.24, 2.45) is 0 Å². The molecule has 6 heteroatoms. The van der Waals surface area contributed by atoms with Gasteiger partial charge in [0.25, 0.3) is 10.0 Å². The molecule has 1 aromatic carbocycles. The molecule has 0 spiro atoms.